The molecule has 0 aliphatic rings. The molecular formula is C27H26BrN3O3. The van der Waals surface area contributed by atoms with Crippen LogP contribution in [0.5, 0.6) is 11.5 Å². The number of nitrogens with one attached hydrogen (secondary N) is 1. The molecule has 0 aromatic heterocycles. The Morgan fingerprint density at radius 2 is 1.79 bits per heavy atom. The first kappa shape index (κ1) is 24.9. The number of benzene rings is 3. The second kappa shape index (κ2) is 11.9. The lowest BCUT2D eigenvalue weighted by Crippen LogP contribution is -2.14. The van der Waals surface area contributed by atoms with Crippen molar-refractivity contribution in [3.05, 3.63) is 87.9 Å². The lowest BCUT2D eigenvalue weighted by atomic mass is 10.1. The van der Waals surface area contributed by atoms with Crippen LogP contribution in [0.2, 0.25) is 0 Å². The molecular weight excluding hydrogens is 494 g/mol. The van der Waals surface area contributed by atoms with Crippen LogP contribution in [0.3, 0.4) is 0 Å². The van der Waals surface area contributed by atoms with E-state index in [-0.39, 0.29) is 5.57 Å². The number of hydrogen-bond donors (Lipinski definition) is 1. The minimum Gasteiger partial charge on any atom is -0.490 e. The molecule has 3 rings (SSSR count). The summed E-state index contributed by atoms with van der Waals surface area (Å²) in [6.07, 6.45) is 1.53. The van der Waals surface area contributed by atoms with E-state index in [0.29, 0.717) is 40.4 Å². The first-order valence-corrected chi connectivity index (χ1v) is 11.5. The van der Waals surface area contributed by atoms with Gasteiger partial charge in [-0.15, -0.1) is 0 Å². The van der Waals surface area contributed by atoms with Crippen LogP contribution in [0, 0.1) is 11.3 Å². The van der Waals surface area contributed by atoms with Crippen LogP contribution in [0.15, 0.2) is 76.8 Å². The van der Waals surface area contributed by atoms with E-state index in [9.17, 15) is 10.1 Å². The summed E-state index contributed by atoms with van der Waals surface area (Å²) in [5.74, 6) is 0.599. The van der Waals surface area contributed by atoms with E-state index in [1.807, 2.05) is 74.5 Å². The third-order valence-corrected chi connectivity index (χ3v) is 5.46. The van der Waals surface area contributed by atoms with Crippen molar-refractivity contribution < 1.29 is 14.3 Å². The van der Waals surface area contributed by atoms with Crippen molar-refractivity contribution in [2.24, 2.45) is 0 Å². The van der Waals surface area contributed by atoms with E-state index in [4.69, 9.17) is 9.47 Å². The average molecular weight is 520 g/mol. The molecule has 0 aliphatic heterocycles. The maximum absolute atomic E-state index is 12.7. The fraction of sp³-hybridized carbons (Fsp3) is 0.185. The van der Waals surface area contributed by atoms with Crippen molar-refractivity contribution >= 4 is 39.3 Å². The van der Waals surface area contributed by atoms with Crippen molar-refractivity contribution in [3.63, 3.8) is 0 Å². The van der Waals surface area contributed by atoms with Crippen molar-refractivity contribution in [1.29, 1.82) is 5.26 Å². The van der Waals surface area contributed by atoms with Gasteiger partial charge < -0.3 is 19.7 Å². The first-order chi connectivity index (χ1) is 16.4. The van der Waals surface area contributed by atoms with E-state index in [0.717, 1.165) is 11.3 Å². The molecule has 1 N–H and O–H groups in total. The number of nitrogens with zero attached hydrogens (tertiary/aromatic N) is 2. The highest BCUT2D eigenvalue weighted by Crippen LogP contribution is 2.38. The van der Waals surface area contributed by atoms with Gasteiger partial charge >= 0.3 is 0 Å². The Kier molecular flexibility index (Phi) is 8.72. The summed E-state index contributed by atoms with van der Waals surface area (Å²) in [6, 6.07) is 22.7. The largest absolute Gasteiger partial charge is 0.490 e. The molecule has 174 valence electrons. The summed E-state index contributed by atoms with van der Waals surface area (Å²) in [5.41, 5.74) is 3.26. The summed E-state index contributed by atoms with van der Waals surface area (Å²) in [7, 11) is 3.88. The summed E-state index contributed by atoms with van der Waals surface area (Å²) in [5, 5.41) is 12.4. The number of hydrogen-bond acceptors (Lipinski definition) is 5. The Morgan fingerprint density at radius 1 is 1.09 bits per heavy atom. The van der Waals surface area contributed by atoms with Gasteiger partial charge in [-0.2, -0.15) is 5.26 Å². The van der Waals surface area contributed by atoms with Crippen LogP contribution in [0.1, 0.15) is 18.1 Å². The number of rotatable bonds is 9. The highest BCUT2D eigenvalue weighted by atomic mass is 79.9. The van der Waals surface area contributed by atoms with Gasteiger partial charge in [0.2, 0.25) is 0 Å². The van der Waals surface area contributed by atoms with Crippen molar-refractivity contribution in [2.75, 3.05) is 30.9 Å². The van der Waals surface area contributed by atoms with Gasteiger partial charge in [-0.25, -0.2) is 0 Å². The van der Waals surface area contributed by atoms with Gasteiger partial charge in [-0.05, 0) is 76.5 Å². The summed E-state index contributed by atoms with van der Waals surface area (Å²) < 4.78 is 12.4. The van der Waals surface area contributed by atoms with E-state index in [2.05, 4.69) is 21.2 Å². The molecule has 6 nitrogen and oxygen atoms in total. The lowest BCUT2D eigenvalue weighted by Gasteiger charge is -2.15. The van der Waals surface area contributed by atoms with E-state index >= 15 is 0 Å². The van der Waals surface area contributed by atoms with Crippen LogP contribution in [-0.4, -0.2) is 26.6 Å². The molecule has 34 heavy (non-hydrogen) atoms. The quantitative estimate of drug-likeness (QED) is 0.275. The number of ether oxygens (including phenoxy) is 2. The Morgan fingerprint density at radius 3 is 2.41 bits per heavy atom. The zero-order valence-corrected chi connectivity index (χ0v) is 20.9. The molecule has 3 aromatic carbocycles. The van der Waals surface area contributed by atoms with Gasteiger partial charge in [0.15, 0.2) is 11.5 Å². The molecule has 7 heteroatoms. The Bertz CT molecular complexity index is 1200. The third kappa shape index (κ3) is 6.63. The highest BCUT2D eigenvalue weighted by Gasteiger charge is 2.15. The summed E-state index contributed by atoms with van der Waals surface area (Å²) in [4.78, 5) is 14.7. The standard InChI is InChI=1S/C27H26BrN3O3/c1-4-33-25-16-20(15-24(28)26(25)34-18-19-8-6-5-7-9-19)14-21(17-29)27(32)30-22-10-12-23(13-11-22)31(2)3/h5-16H,4,18H2,1-3H3,(H,30,32)/b21-14-. The SMILES string of the molecule is CCOc1cc(/C=C(/C#N)C(=O)Nc2ccc(N(C)C)cc2)cc(Br)c1OCc1ccccc1. The van der Waals surface area contributed by atoms with Crippen molar-refractivity contribution in [3.8, 4) is 17.6 Å². The van der Waals surface area contributed by atoms with Crippen LogP contribution in [-0.2, 0) is 11.4 Å². The third-order valence-electron chi connectivity index (χ3n) is 4.88. The lowest BCUT2D eigenvalue weighted by molar-refractivity contribution is -0.112. The summed E-state index contributed by atoms with van der Waals surface area (Å²) >= 11 is 3.54. The van der Waals surface area contributed by atoms with Gasteiger partial charge in [0.25, 0.3) is 5.91 Å². The number of carbonyl (C=O) groups is 1. The fourth-order valence-electron chi connectivity index (χ4n) is 3.16. The van der Waals surface area contributed by atoms with Crippen molar-refractivity contribution in [1.82, 2.24) is 0 Å². The molecule has 0 atom stereocenters. The zero-order chi connectivity index (χ0) is 24.5. The minimum atomic E-state index is -0.487. The Balaban J connectivity index is 1.81. The number of halogens is 1. The highest BCUT2D eigenvalue weighted by molar-refractivity contribution is 9.10. The van der Waals surface area contributed by atoms with E-state index < -0.39 is 5.91 Å². The minimum absolute atomic E-state index is 0.0241. The molecule has 3 aromatic rings. The molecule has 0 heterocycles. The fourth-order valence-corrected chi connectivity index (χ4v) is 3.73. The van der Waals surface area contributed by atoms with Crippen LogP contribution < -0.4 is 19.7 Å². The Hall–Kier alpha value is -3.76. The average Bonchev–Trinajstić information content (AvgIpc) is 2.83. The smallest absolute Gasteiger partial charge is 0.266 e. The Labute approximate surface area is 208 Å². The van der Waals surface area contributed by atoms with Crippen molar-refractivity contribution in [2.45, 2.75) is 13.5 Å². The molecule has 1 amide bonds. The number of anilines is 2. The molecule has 0 bridgehead atoms. The second-order valence-electron chi connectivity index (χ2n) is 7.60. The predicted octanol–water partition coefficient (Wildman–Crippen LogP) is 6.04. The molecule has 0 unspecified atom stereocenters. The number of nitriles is 1. The molecule has 0 saturated carbocycles. The number of carbonyl (C=O) groups excluding carboxylic acids is 1. The second-order valence-corrected chi connectivity index (χ2v) is 8.46. The van der Waals surface area contributed by atoms with Crippen LogP contribution in [0.25, 0.3) is 6.08 Å². The molecule has 0 aliphatic carbocycles. The molecule has 0 spiro atoms. The van der Waals surface area contributed by atoms with Gasteiger partial charge in [0, 0.05) is 25.5 Å². The topological polar surface area (TPSA) is 74.6 Å². The van der Waals surface area contributed by atoms with Gasteiger partial charge in [-0.3, -0.25) is 4.79 Å². The zero-order valence-electron chi connectivity index (χ0n) is 19.3. The van der Waals surface area contributed by atoms with Gasteiger partial charge in [-0.1, -0.05) is 30.3 Å². The normalized spacial score (nSPS) is 10.9. The summed E-state index contributed by atoms with van der Waals surface area (Å²) in [6.45, 7) is 2.70. The van der Waals surface area contributed by atoms with Crippen LogP contribution >= 0.6 is 15.9 Å². The van der Waals surface area contributed by atoms with E-state index in [1.54, 1.807) is 24.3 Å². The maximum Gasteiger partial charge on any atom is 0.266 e. The van der Waals surface area contributed by atoms with E-state index in [1.165, 1.54) is 6.08 Å². The van der Waals surface area contributed by atoms with Crippen LogP contribution in [0.4, 0.5) is 11.4 Å². The first-order valence-electron chi connectivity index (χ1n) is 10.7. The molecule has 0 saturated heterocycles. The van der Waals surface area contributed by atoms with Gasteiger partial charge in [0.1, 0.15) is 18.2 Å². The number of amides is 1. The molecule has 0 fully saturated rings. The monoisotopic (exact) mass is 519 g/mol. The predicted molar refractivity (Wildman–Crippen MR) is 139 cm³/mol. The van der Waals surface area contributed by atoms with Gasteiger partial charge in [0.05, 0.1) is 11.1 Å². The maximum atomic E-state index is 12.7. The molecule has 0 radical (unpaired) electrons.